The molecule has 1 unspecified atom stereocenters. The Hall–Kier alpha value is -2.59. The van der Waals surface area contributed by atoms with E-state index in [0.717, 1.165) is 43.9 Å². The fourth-order valence-corrected chi connectivity index (χ4v) is 4.03. The standard InChI is InChI=1S/C23H24FN3/c24-20-9-7-18(8-10-20)11-15-27-16-12-19(17-27)23(21-5-1-3-13-25-21)22-6-2-4-14-26-22/h1-10,13-14,19,23H,11-12,15-17H2. The number of hydrogen-bond acceptors (Lipinski definition) is 3. The molecule has 4 heteroatoms. The van der Waals surface area contributed by atoms with Crippen LogP contribution in [-0.4, -0.2) is 34.5 Å². The zero-order chi connectivity index (χ0) is 18.5. The summed E-state index contributed by atoms with van der Waals surface area (Å²) in [5.74, 6) is 0.555. The second-order valence-corrected chi connectivity index (χ2v) is 7.21. The van der Waals surface area contributed by atoms with Gasteiger partial charge in [-0.15, -0.1) is 0 Å². The van der Waals surface area contributed by atoms with Crippen LogP contribution >= 0.6 is 0 Å². The quantitative estimate of drug-likeness (QED) is 0.655. The number of halogens is 1. The van der Waals surface area contributed by atoms with E-state index in [9.17, 15) is 4.39 Å². The summed E-state index contributed by atoms with van der Waals surface area (Å²) in [5.41, 5.74) is 3.38. The molecule has 0 spiro atoms. The van der Waals surface area contributed by atoms with Crippen molar-refractivity contribution in [3.63, 3.8) is 0 Å². The van der Waals surface area contributed by atoms with Gasteiger partial charge in [-0.3, -0.25) is 9.97 Å². The van der Waals surface area contributed by atoms with Crippen LogP contribution in [-0.2, 0) is 6.42 Å². The highest BCUT2D eigenvalue weighted by molar-refractivity contribution is 5.25. The maximum absolute atomic E-state index is 13.1. The summed E-state index contributed by atoms with van der Waals surface area (Å²) in [4.78, 5) is 11.8. The van der Waals surface area contributed by atoms with Gasteiger partial charge in [0.15, 0.2) is 0 Å². The van der Waals surface area contributed by atoms with Crippen LogP contribution in [0.1, 0.15) is 29.3 Å². The Morgan fingerprint density at radius 1 is 0.926 bits per heavy atom. The van der Waals surface area contributed by atoms with E-state index in [4.69, 9.17) is 0 Å². The molecular formula is C23H24FN3. The van der Waals surface area contributed by atoms with Gasteiger partial charge in [0.2, 0.25) is 0 Å². The number of pyridine rings is 2. The molecule has 0 aliphatic carbocycles. The van der Waals surface area contributed by atoms with Crippen molar-refractivity contribution in [3.05, 3.63) is 95.8 Å². The first-order chi connectivity index (χ1) is 13.3. The summed E-state index contributed by atoms with van der Waals surface area (Å²) in [6.07, 6.45) is 5.82. The van der Waals surface area contributed by atoms with E-state index in [0.29, 0.717) is 5.92 Å². The van der Waals surface area contributed by atoms with Crippen molar-refractivity contribution in [2.45, 2.75) is 18.8 Å². The van der Waals surface area contributed by atoms with Crippen LogP contribution in [0.5, 0.6) is 0 Å². The van der Waals surface area contributed by atoms with E-state index in [1.54, 1.807) is 12.1 Å². The molecule has 1 fully saturated rings. The van der Waals surface area contributed by atoms with Gasteiger partial charge in [0.25, 0.3) is 0 Å². The van der Waals surface area contributed by atoms with Crippen molar-refractivity contribution in [1.29, 1.82) is 0 Å². The lowest BCUT2D eigenvalue weighted by atomic mass is 9.85. The van der Waals surface area contributed by atoms with Gasteiger partial charge in [-0.2, -0.15) is 0 Å². The fraction of sp³-hybridized carbons (Fsp3) is 0.304. The summed E-state index contributed by atoms with van der Waals surface area (Å²) in [5, 5.41) is 0. The maximum Gasteiger partial charge on any atom is 0.123 e. The number of benzene rings is 1. The third kappa shape index (κ3) is 4.40. The van der Waals surface area contributed by atoms with Gasteiger partial charge in [-0.05, 0) is 67.3 Å². The Labute approximate surface area is 159 Å². The van der Waals surface area contributed by atoms with Crippen LogP contribution < -0.4 is 0 Å². The third-order valence-electron chi connectivity index (χ3n) is 5.42. The van der Waals surface area contributed by atoms with Crippen LogP contribution in [0.4, 0.5) is 4.39 Å². The molecule has 1 aliphatic heterocycles. The van der Waals surface area contributed by atoms with Crippen molar-refractivity contribution in [3.8, 4) is 0 Å². The first kappa shape index (κ1) is 17.8. The smallest absolute Gasteiger partial charge is 0.123 e. The van der Waals surface area contributed by atoms with Crippen molar-refractivity contribution < 1.29 is 4.39 Å². The Bertz CT molecular complexity index is 797. The summed E-state index contributed by atoms with van der Waals surface area (Å²) in [7, 11) is 0. The number of likely N-dealkylation sites (tertiary alicyclic amines) is 1. The van der Waals surface area contributed by atoms with Crippen LogP contribution in [0, 0.1) is 11.7 Å². The lowest BCUT2D eigenvalue weighted by Crippen LogP contribution is -2.25. The minimum Gasteiger partial charge on any atom is -0.303 e. The molecule has 0 amide bonds. The van der Waals surface area contributed by atoms with Crippen molar-refractivity contribution in [2.75, 3.05) is 19.6 Å². The predicted molar refractivity (Wildman–Crippen MR) is 105 cm³/mol. The highest BCUT2D eigenvalue weighted by Crippen LogP contribution is 2.35. The molecule has 1 aliphatic rings. The van der Waals surface area contributed by atoms with Crippen LogP contribution in [0.3, 0.4) is 0 Å². The highest BCUT2D eigenvalue weighted by atomic mass is 19.1. The van der Waals surface area contributed by atoms with Crippen molar-refractivity contribution in [1.82, 2.24) is 14.9 Å². The first-order valence-corrected chi connectivity index (χ1v) is 9.58. The highest BCUT2D eigenvalue weighted by Gasteiger charge is 2.32. The minimum atomic E-state index is -0.173. The lowest BCUT2D eigenvalue weighted by molar-refractivity contribution is 0.321. The molecule has 138 valence electrons. The average molecular weight is 361 g/mol. The lowest BCUT2D eigenvalue weighted by Gasteiger charge is -2.23. The van der Waals surface area contributed by atoms with E-state index >= 15 is 0 Å². The number of hydrogen-bond donors (Lipinski definition) is 0. The molecule has 1 atom stereocenters. The Balaban J connectivity index is 1.45. The van der Waals surface area contributed by atoms with Gasteiger partial charge in [-0.25, -0.2) is 4.39 Å². The topological polar surface area (TPSA) is 29.0 Å². The van der Waals surface area contributed by atoms with E-state index in [1.165, 1.54) is 5.56 Å². The SMILES string of the molecule is Fc1ccc(CCN2CCC(C(c3ccccn3)c3ccccn3)C2)cc1. The molecule has 0 N–H and O–H groups in total. The Morgan fingerprint density at radius 2 is 1.59 bits per heavy atom. The summed E-state index contributed by atoms with van der Waals surface area (Å²) in [6, 6.07) is 19.1. The van der Waals surface area contributed by atoms with Gasteiger partial charge in [0.05, 0.1) is 0 Å². The molecule has 0 saturated carbocycles. The van der Waals surface area contributed by atoms with E-state index < -0.39 is 0 Å². The molecule has 1 aromatic carbocycles. The van der Waals surface area contributed by atoms with Crippen molar-refractivity contribution in [2.24, 2.45) is 5.92 Å². The molecule has 3 nitrogen and oxygen atoms in total. The second kappa shape index (κ2) is 8.40. The predicted octanol–water partition coefficient (Wildman–Crippen LogP) is 4.31. The molecule has 0 radical (unpaired) electrons. The van der Waals surface area contributed by atoms with Crippen LogP contribution in [0.2, 0.25) is 0 Å². The van der Waals surface area contributed by atoms with Crippen LogP contribution in [0.15, 0.2) is 73.1 Å². The molecular weight excluding hydrogens is 337 g/mol. The zero-order valence-corrected chi connectivity index (χ0v) is 15.3. The van der Waals surface area contributed by atoms with Crippen molar-refractivity contribution >= 4 is 0 Å². The summed E-state index contributed by atoms with van der Waals surface area (Å²) >= 11 is 0. The first-order valence-electron chi connectivity index (χ1n) is 9.58. The van der Waals surface area contributed by atoms with Gasteiger partial charge in [-0.1, -0.05) is 24.3 Å². The molecule has 2 aromatic heterocycles. The second-order valence-electron chi connectivity index (χ2n) is 7.21. The van der Waals surface area contributed by atoms with Gasteiger partial charge in [0, 0.05) is 42.8 Å². The number of rotatable bonds is 6. The average Bonchev–Trinajstić information content (AvgIpc) is 3.18. The van der Waals surface area contributed by atoms with E-state index in [2.05, 4.69) is 39.1 Å². The summed E-state index contributed by atoms with van der Waals surface area (Å²) < 4.78 is 13.1. The summed E-state index contributed by atoms with van der Waals surface area (Å²) in [6.45, 7) is 3.13. The monoisotopic (exact) mass is 361 g/mol. The zero-order valence-electron chi connectivity index (χ0n) is 15.3. The Kier molecular flexibility index (Phi) is 5.54. The largest absolute Gasteiger partial charge is 0.303 e. The minimum absolute atomic E-state index is 0.173. The molecule has 0 bridgehead atoms. The molecule has 3 heterocycles. The normalized spacial score (nSPS) is 17.5. The fourth-order valence-electron chi connectivity index (χ4n) is 4.03. The van der Waals surface area contributed by atoms with Gasteiger partial charge >= 0.3 is 0 Å². The van der Waals surface area contributed by atoms with Gasteiger partial charge in [0.1, 0.15) is 5.82 Å². The molecule has 4 rings (SSSR count). The molecule has 1 saturated heterocycles. The number of nitrogens with zero attached hydrogens (tertiary/aromatic N) is 3. The number of aromatic nitrogens is 2. The molecule has 3 aromatic rings. The van der Waals surface area contributed by atoms with Crippen LogP contribution in [0.25, 0.3) is 0 Å². The Morgan fingerprint density at radius 3 is 2.19 bits per heavy atom. The van der Waals surface area contributed by atoms with Gasteiger partial charge < -0.3 is 4.90 Å². The van der Waals surface area contributed by atoms with E-state index in [-0.39, 0.29) is 11.7 Å². The maximum atomic E-state index is 13.1. The molecule has 27 heavy (non-hydrogen) atoms. The third-order valence-corrected chi connectivity index (χ3v) is 5.42. The van der Waals surface area contributed by atoms with E-state index in [1.807, 2.05) is 36.7 Å².